The number of anilines is 1. The van der Waals surface area contributed by atoms with Crippen molar-refractivity contribution in [1.82, 2.24) is 10.3 Å². The van der Waals surface area contributed by atoms with Gasteiger partial charge in [-0.1, -0.05) is 23.7 Å². The maximum atomic E-state index is 12.0. The summed E-state index contributed by atoms with van der Waals surface area (Å²) in [5.74, 6) is 1.21. The van der Waals surface area contributed by atoms with E-state index in [0.717, 1.165) is 17.8 Å². The Hall–Kier alpha value is -2.07. The average Bonchev–Trinajstić information content (AvgIpc) is 3.37. The molecule has 0 radical (unpaired) electrons. The second kappa shape index (κ2) is 6.36. The smallest absolute Gasteiger partial charge is 0.254 e. The van der Waals surface area contributed by atoms with Crippen molar-refractivity contribution < 1.29 is 4.79 Å². The molecule has 1 saturated carbocycles. The summed E-state index contributed by atoms with van der Waals surface area (Å²) >= 11 is 5.92. The number of nitrogens with zero attached hydrogens (tertiary/aromatic N) is 1. The second-order valence-electron chi connectivity index (χ2n) is 5.50. The molecule has 22 heavy (non-hydrogen) atoms. The fraction of sp³-hybridized carbons (Fsp3) is 0.294. The lowest BCUT2D eigenvalue weighted by Crippen LogP contribution is -2.21. The van der Waals surface area contributed by atoms with E-state index in [4.69, 9.17) is 11.6 Å². The number of carbonyl (C=O) groups excluding carboxylic acids is 1. The third-order valence-electron chi connectivity index (χ3n) is 3.76. The molecule has 2 N–H and O–H groups in total. The molecule has 0 saturated heterocycles. The molecule has 3 rings (SSSR count). The lowest BCUT2D eigenvalue weighted by Gasteiger charge is -2.12. The maximum absolute atomic E-state index is 12.0. The van der Waals surface area contributed by atoms with Gasteiger partial charge in [0.05, 0.1) is 11.3 Å². The van der Waals surface area contributed by atoms with Gasteiger partial charge in [-0.05, 0) is 43.0 Å². The second-order valence-corrected chi connectivity index (χ2v) is 5.94. The van der Waals surface area contributed by atoms with E-state index in [1.54, 1.807) is 7.05 Å². The number of hydrogen-bond acceptors (Lipinski definition) is 3. The predicted octanol–water partition coefficient (Wildman–Crippen LogP) is 3.58. The Balaban J connectivity index is 1.92. The highest BCUT2D eigenvalue weighted by molar-refractivity contribution is 6.30. The molecule has 4 nitrogen and oxygen atoms in total. The Morgan fingerprint density at radius 2 is 1.95 bits per heavy atom. The van der Waals surface area contributed by atoms with Gasteiger partial charge in [0, 0.05) is 24.2 Å². The lowest BCUT2D eigenvalue weighted by molar-refractivity contribution is 0.0963. The highest BCUT2D eigenvalue weighted by atomic mass is 35.5. The summed E-state index contributed by atoms with van der Waals surface area (Å²) in [5.41, 5.74) is 2.37. The molecule has 1 aliphatic rings. The van der Waals surface area contributed by atoms with Gasteiger partial charge in [0.15, 0.2) is 0 Å². The molecule has 114 valence electrons. The minimum absolute atomic E-state index is 0.131. The average molecular weight is 316 g/mol. The number of aromatic nitrogens is 1. The molecule has 1 fully saturated rings. The Labute approximate surface area is 134 Å². The van der Waals surface area contributed by atoms with Gasteiger partial charge in [0.1, 0.15) is 5.82 Å². The zero-order valence-electron chi connectivity index (χ0n) is 12.4. The summed E-state index contributed by atoms with van der Waals surface area (Å²) in [6, 6.07) is 11.2. The van der Waals surface area contributed by atoms with Gasteiger partial charge in [-0.15, -0.1) is 0 Å². The first-order valence-corrected chi connectivity index (χ1v) is 7.78. The van der Waals surface area contributed by atoms with Gasteiger partial charge in [-0.3, -0.25) is 4.79 Å². The molecule has 0 atom stereocenters. The highest BCUT2D eigenvalue weighted by Gasteiger charge is 2.22. The van der Waals surface area contributed by atoms with Gasteiger partial charge in [-0.25, -0.2) is 4.98 Å². The Bertz CT molecular complexity index is 681. The highest BCUT2D eigenvalue weighted by Crippen LogP contribution is 2.30. The summed E-state index contributed by atoms with van der Waals surface area (Å²) in [4.78, 5) is 16.6. The van der Waals surface area contributed by atoms with Crippen LogP contribution in [0.5, 0.6) is 0 Å². The molecule has 1 aromatic heterocycles. The Morgan fingerprint density at radius 1 is 1.23 bits per heavy atom. The zero-order chi connectivity index (χ0) is 15.5. The lowest BCUT2D eigenvalue weighted by atomic mass is 10.1. The van der Waals surface area contributed by atoms with Crippen molar-refractivity contribution in [2.24, 2.45) is 5.92 Å². The molecule has 0 spiro atoms. The van der Waals surface area contributed by atoms with E-state index in [1.807, 2.05) is 36.4 Å². The number of nitrogens with one attached hydrogen (secondary N) is 2. The van der Waals surface area contributed by atoms with E-state index < -0.39 is 0 Å². The molecule has 1 amide bonds. The number of carbonyl (C=O) groups is 1. The van der Waals surface area contributed by atoms with Crippen molar-refractivity contribution in [1.29, 1.82) is 0 Å². The zero-order valence-corrected chi connectivity index (χ0v) is 13.2. The van der Waals surface area contributed by atoms with Crippen molar-refractivity contribution in [3.63, 3.8) is 0 Å². The van der Waals surface area contributed by atoms with Crippen LogP contribution < -0.4 is 10.6 Å². The molecular formula is C17H18ClN3O. The number of pyridine rings is 1. The van der Waals surface area contributed by atoms with Crippen molar-refractivity contribution >= 4 is 23.3 Å². The van der Waals surface area contributed by atoms with Crippen LogP contribution in [0.15, 0.2) is 36.4 Å². The van der Waals surface area contributed by atoms with E-state index in [2.05, 4.69) is 15.6 Å². The van der Waals surface area contributed by atoms with Crippen molar-refractivity contribution in [3.05, 3.63) is 47.0 Å². The topological polar surface area (TPSA) is 54.0 Å². The predicted molar refractivity (Wildman–Crippen MR) is 89.3 cm³/mol. The van der Waals surface area contributed by atoms with Crippen LogP contribution in [-0.4, -0.2) is 24.5 Å². The molecule has 0 unspecified atom stereocenters. The van der Waals surface area contributed by atoms with Crippen LogP contribution >= 0.6 is 11.6 Å². The molecule has 0 bridgehead atoms. The van der Waals surface area contributed by atoms with Crippen LogP contribution in [0.1, 0.15) is 23.2 Å². The third-order valence-corrected chi connectivity index (χ3v) is 4.01. The standard InChI is InChI=1S/C17H18ClN3O/c1-19-17(22)14-8-9-15(12-4-6-13(18)7-5-12)21-16(14)20-10-11-2-3-11/h4-9,11H,2-3,10H2,1H3,(H,19,22)(H,20,21). The van der Waals surface area contributed by atoms with E-state index in [0.29, 0.717) is 22.3 Å². The first-order valence-electron chi connectivity index (χ1n) is 7.40. The SMILES string of the molecule is CNC(=O)c1ccc(-c2ccc(Cl)cc2)nc1NCC1CC1. The van der Waals surface area contributed by atoms with Crippen LogP contribution in [0, 0.1) is 5.92 Å². The molecule has 1 aliphatic carbocycles. The monoisotopic (exact) mass is 315 g/mol. The van der Waals surface area contributed by atoms with Gasteiger partial charge >= 0.3 is 0 Å². The van der Waals surface area contributed by atoms with Gasteiger partial charge in [0.25, 0.3) is 5.91 Å². The molecule has 1 aromatic carbocycles. The molecular weight excluding hydrogens is 298 g/mol. The largest absolute Gasteiger partial charge is 0.369 e. The Kier molecular flexibility index (Phi) is 4.29. The summed E-state index contributed by atoms with van der Waals surface area (Å²) < 4.78 is 0. The number of amides is 1. The molecule has 0 aliphatic heterocycles. The number of benzene rings is 1. The van der Waals surface area contributed by atoms with Crippen molar-refractivity contribution in [2.45, 2.75) is 12.8 Å². The van der Waals surface area contributed by atoms with Crippen LogP contribution in [-0.2, 0) is 0 Å². The van der Waals surface area contributed by atoms with Crippen LogP contribution in [0.3, 0.4) is 0 Å². The fourth-order valence-electron chi connectivity index (χ4n) is 2.26. The Morgan fingerprint density at radius 3 is 2.59 bits per heavy atom. The summed E-state index contributed by atoms with van der Waals surface area (Å²) in [5, 5.41) is 6.66. The van der Waals surface area contributed by atoms with Gasteiger partial charge in [0.2, 0.25) is 0 Å². The molecule has 5 heteroatoms. The quantitative estimate of drug-likeness (QED) is 0.886. The number of hydrogen-bond donors (Lipinski definition) is 2. The van der Waals surface area contributed by atoms with Crippen LogP contribution in [0.2, 0.25) is 5.02 Å². The molecule has 2 aromatic rings. The van der Waals surface area contributed by atoms with E-state index >= 15 is 0 Å². The maximum Gasteiger partial charge on any atom is 0.254 e. The normalized spacial score (nSPS) is 13.7. The number of rotatable bonds is 5. The number of halogens is 1. The summed E-state index contributed by atoms with van der Waals surface area (Å²) in [6.45, 7) is 0.862. The van der Waals surface area contributed by atoms with E-state index in [9.17, 15) is 4.79 Å². The third kappa shape index (κ3) is 3.39. The molecule has 1 heterocycles. The first-order chi connectivity index (χ1) is 10.7. The summed E-state index contributed by atoms with van der Waals surface area (Å²) in [6.07, 6.45) is 2.50. The van der Waals surface area contributed by atoms with Crippen molar-refractivity contribution in [2.75, 3.05) is 18.9 Å². The summed E-state index contributed by atoms with van der Waals surface area (Å²) in [7, 11) is 1.63. The van der Waals surface area contributed by atoms with Gasteiger partial charge in [-0.2, -0.15) is 0 Å². The van der Waals surface area contributed by atoms with Crippen LogP contribution in [0.25, 0.3) is 11.3 Å². The van der Waals surface area contributed by atoms with Gasteiger partial charge < -0.3 is 10.6 Å². The minimum Gasteiger partial charge on any atom is -0.369 e. The minimum atomic E-state index is -0.131. The fourth-order valence-corrected chi connectivity index (χ4v) is 2.38. The van der Waals surface area contributed by atoms with Crippen molar-refractivity contribution in [3.8, 4) is 11.3 Å². The van der Waals surface area contributed by atoms with E-state index in [-0.39, 0.29) is 5.91 Å². The first kappa shape index (κ1) is 14.9. The van der Waals surface area contributed by atoms with Crippen LogP contribution in [0.4, 0.5) is 5.82 Å². The van der Waals surface area contributed by atoms with E-state index in [1.165, 1.54) is 12.8 Å².